The van der Waals surface area contributed by atoms with Crippen LogP contribution in [0.25, 0.3) is 11.6 Å². The molecule has 0 amide bonds. The molecule has 0 atom stereocenters. The summed E-state index contributed by atoms with van der Waals surface area (Å²) in [5, 5.41) is 14.0. The lowest BCUT2D eigenvalue weighted by Gasteiger charge is -2.35. The predicted octanol–water partition coefficient (Wildman–Crippen LogP) is 2.74. The van der Waals surface area contributed by atoms with Crippen LogP contribution in [0, 0.1) is 16.1 Å². The smallest absolute Gasteiger partial charge is 0.199 e. The summed E-state index contributed by atoms with van der Waals surface area (Å²) in [4.78, 5) is 8.85. The van der Waals surface area contributed by atoms with Crippen LogP contribution in [0.2, 0.25) is 0 Å². The molecule has 0 aliphatic carbocycles. The lowest BCUT2D eigenvalue weighted by molar-refractivity contribution is 0.194. The van der Waals surface area contributed by atoms with Gasteiger partial charge in [-0.2, -0.15) is 5.26 Å². The molecule has 3 aromatic rings. The monoisotopic (exact) mass is 395 g/mol. The van der Waals surface area contributed by atoms with Crippen molar-refractivity contribution in [3.8, 4) is 17.7 Å². The first-order valence-electron chi connectivity index (χ1n) is 9.25. The Morgan fingerprint density at radius 1 is 1.21 bits per heavy atom. The molecule has 4 rings (SSSR count). The van der Waals surface area contributed by atoms with Gasteiger partial charge in [-0.05, 0) is 43.4 Å². The Balaban J connectivity index is 1.47. The highest BCUT2D eigenvalue weighted by molar-refractivity contribution is 7.71. The number of pyridine rings is 1. The first kappa shape index (κ1) is 18.4. The zero-order chi connectivity index (χ0) is 19.5. The van der Waals surface area contributed by atoms with E-state index in [-0.39, 0.29) is 0 Å². The zero-order valence-electron chi connectivity index (χ0n) is 15.7. The zero-order valence-corrected chi connectivity index (χ0v) is 16.5. The lowest BCUT2D eigenvalue weighted by Crippen LogP contribution is -2.47. The van der Waals surface area contributed by atoms with Crippen molar-refractivity contribution in [2.45, 2.75) is 20.1 Å². The first-order valence-corrected chi connectivity index (χ1v) is 9.66. The summed E-state index contributed by atoms with van der Waals surface area (Å²) in [7, 11) is 0. The molecule has 1 aliphatic heterocycles. The van der Waals surface area contributed by atoms with E-state index in [1.165, 1.54) is 0 Å². The van der Waals surface area contributed by atoms with Crippen molar-refractivity contribution >= 4 is 18.0 Å². The number of aromatic nitrogens is 4. The van der Waals surface area contributed by atoms with Crippen LogP contribution in [-0.4, -0.2) is 50.4 Å². The number of anilines is 1. The molecule has 0 spiro atoms. The third kappa shape index (κ3) is 3.44. The summed E-state index contributed by atoms with van der Waals surface area (Å²) < 4.78 is 10.0. The second-order valence-electron chi connectivity index (χ2n) is 6.56. The van der Waals surface area contributed by atoms with Gasteiger partial charge in [0.2, 0.25) is 0 Å². The fourth-order valence-electron chi connectivity index (χ4n) is 3.43. The summed E-state index contributed by atoms with van der Waals surface area (Å²) >= 11 is 5.63. The summed E-state index contributed by atoms with van der Waals surface area (Å²) in [6, 6.07) is 9.57. The molecule has 144 valence electrons. The molecule has 0 N–H and O–H groups in total. The maximum atomic E-state index is 9.30. The van der Waals surface area contributed by atoms with E-state index in [4.69, 9.17) is 21.7 Å². The van der Waals surface area contributed by atoms with E-state index in [0.29, 0.717) is 17.0 Å². The minimum Gasteiger partial charge on any atom is -0.461 e. The molecule has 1 fully saturated rings. The van der Waals surface area contributed by atoms with Crippen LogP contribution in [0.5, 0.6) is 0 Å². The predicted molar refractivity (Wildman–Crippen MR) is 107 cm³/mol. The van der Waals surface area contributed by atoms with E-state index < -0.39 is 0 Å². The molecule has 28 heavy (non-hydrogen) atoms. The number of piperazine rings is 1. The number of furan rings is 1. The average Bonchev–Trinajstić information content (AvgIpc) is 3.37. The molecule has 8 nitrogen and oxygen atoms in total. The van der Waals surface area contributed by atoms with Crippen LogP contribution in [0.1, 0.15) is 12.5 Å². The van der Waals surface area contributed by atoms with Crippen molar-refractivity contribution < 1.29 is 4.42 Å². The van der Waals surface area contributed by atoms with Crippen molar-refractivity contribution in [2.75, 3.05) is 31.1 Å². The normalized spacial score (nSPS) is 14.9. The Labute approximate surface area is 168 Å². The standard InChI is InChI=1S/C19H21N7OS/c1-2-25-18(16-6-4-12-27-16)22-26(19(25)28)14-23-8-10-24(11-9-23)17-15(13-20)5-3-7-21-17/h3-7,12H,2,8-11,14H2,1H3. The molecule has 4 heterocycles. The third-order valence-electron chi connectivity index (χ3n) is 4.89. The third-order valence-corrected chi connectivity index (χ3v) is 5.32. The highest BCUT2D eigenvalue weighted by atomic mass is 32.1. The van der Waals surface area contributed by atoms with Gasteiger partial charge in [-0.25, -0.2) is 9.67 Å². The second-order valence-corrected chi connectivity index (χ2v) is 6.93. The SMILES string of the molecule is CCn1c(-c2ccco2)nn(CN2CCN(c3ncccc3C#N)CC2)c1=S. The van der Waals surface area contributed by atoms with Gasteiger partial charge >= 0.3 is 0 Å². The molecular weight excluding hydrogens is 374 g/mol. The highest BCUT2D eigenvalue weighted by Gasteiger charge is 2.22. The number of hydrogen-bond donors (Lipinski definition) is 0. The van der Waals surface area contributed by atoms with Gasteiger partial charge in [-0.15, -0.1) is 5.10 Å². The molecule has 1 saturated heterocycles. The van der Waals surface area contributed by atoms with Crippen molar-refractivity contribution in [3.05, 3.63) is 47.1 Å². The van der Waals surface area contributed by atoms with Crippen molar-refractivity contribution in [3.63, 3.8) is 0 Å². The van der Waals surface area contributed by atoms with E-state index in [1.54, 1.807) is 18.5 Å². The molecule has 9 heteroatoms. The summed E-state index contributed by atoms with van der Waals surface area (Å²) in [6.45, 7) is 6.71. The molecule has 0 bridgehead atoms. The second kappa shape index (κ2) is 7.96. The first-order chi connectivity index (χ1) is 13.7. The van der Waals surface area contributed by atoms with Crippen LogP contribution >= 0.6 is 12.2 Å². The largest absolute Gasteiger partial charge is 0.461 e. The molecule has 0 radical (unpaired) electrons. The van der Waals surface area contributed by atoms with Gasteiger partial charge < -0.3 is 9.32 Å². The van der Waals surface area contributed by atoms with Gasteiger partial charge in [0, 0.05) is 38.9 Å². The van der Waals surface area contributed by atoms with Crippen LogP contribution < -0.4 is 4.90 Å². The van der Waals surface area contributed by atoms with E-state index in [9.17, 15) is 5.26 Å². The number of hydrogen-bond acceptors (Lipinski definition) is 7. The highest BCUT2D eigenvalue weighted by Crippen LogP contribution is 2.20. The number of nitriles is 1. The van der Waals surface area contributed by atoms with Crippen LogP contribution in [0.4, 0.5) is 5.82 Å². The van der Waals surface area contributed by atoms with E-state index in [2.05, 4.69) is 20.9 Å². The number of nitrogens with zero attached hydrogens (tertiary/aromatic N) is 7. The molecule has 0 unspecified atom stereocenters. The fourth-order valence-corrected chi connectivity index (χ4v) is 3.75. The Hall–Kier alpha value is -2.96. The minimum absolute atomic E-state index is 0.614. The van der Waals surface area contributed by atoms with Gasteiger partial charge in [0.25, 0.3) is 0 Å². The molecular formula is C19H21N7OS. The van der Waals surface area contributed by atoms with Gasteiger partial charge in [0.1, 0.15) is 11.9 Å². The fraction of sp³-hybridized carbons (Fsp3) is 0.368. The average molecular weight is 395 g/mol. The van der Waals surface area contributed by atoms with Gasteiger partial charge in [-0.3, -0.25) is 9.47 Å². The molecule has 1 aliphatic rings. The van der Waals surface area contributed by atoms with Gasteiger partial charge in [0.05, 0.1) is 18.5 Å². The van der Waals surface area contributed by atoms with Crippen LogP contribution in [0.15, 0.2) is 41.1 Å². The molecule has 0 aromatic carbocycles. The van der Waals surface area contributed by atoms with Gasteiger partial charge in [-0.1, -0.05) is 0 Å². The quantitative estimate of drug-likeness (QED) is 0.615. The van der Waals surface area contributed by atoms with Crippen molar-refractivity contribution in [1.82, 2.24) is 24.2 Å². The van der Waals surface area contributed by atoms with E-state index >= 15 is 0 Å². The molecule has 0 saturated carbocycles. The van der Waals surface area contributed by atoms with Crippen molar-refractivity contribution in [2.24, 2.45) is 0 Å². The van der Waals surface area contributed by atoms with Crippen LogP contribution in [0.3, 0.4) is 0 Å². The lowest BCUT2D eigenvalue weighted by atomic mass is 10.2. The topological polar surface area (TPSA) is 79.1 Å². The Morgan fingerprint density at radius 3 is 2.71 bits per heavy atom. The summed E-state index contributed by atoms with van der Waals surface area (Å²) in [5.41, 5.74) is 0.614. The molecule has 3 aromatic heterocycles. The Bertz CT molecular complexity index is 1040. The maximum absolute atomic E-state index is 9.30. The van der Waals surface area contributed by atoms with Crippen molar-refractivity contribution in [1.29, 1.82) is 5.26 Å². The summed E-state index contributed by atoms with van der Waals surface area (Å²) in [5.74, 6) is 2.23. The van der Waals surface area contributed by atoms with E-state index in [1.807, 2.05) is 34.4 Å². The minimum atomic E-state index is 0.614. The Kier molecular flexibility index (Phi) is 5.23. The number of rotatable bonds is 5. The van der Waals surface area contributed by atoms with Gasteiger partial charge in [0.15, 0.2) is 16.4 Å². The van der Waals surface area contributed by atoms with E-state index in [0.717, 1.165) is 50.1 Å². The Morgan fingerprint density at radius 2 is 2.04 bits per heavy atom. The maximum Gasteiger partial charge on any atom is 0.199 e. The summed E-state index contributed by atoms with van der Waals surface area (Å²) in [6.07, 6.45) is 3.37. The van der Waals surface area contributed by atoms with Crippen LogP contribution in [-0.2, 0) is 13.2 Å².